The Morgan fingerprint density at radius 3 is 2.68 bits per heavy atom. The van der Waals surface area contributed by atoms with E-state index in [1.54, 1.807) is 29.8 Å². The number of esters is 1. The summed E-state index contributed by atoms with van der Waals surface area (Å²) in [5, 5.41) is 0. The molecule has 0 N–H and O–H groups in total. The number of piperidine rings is 1. The topological polar surface area (TPSA) is 61.8 Å². The van der Waals surface area contributed by atoms with E-state index in [1.807, 2.05) is 6.07 Å². The predicted octanol–water partition coefficient (Wildman–Crippen LogP) is 5.12. The van der Waals surface area contributed by atoms with Gasteiger partial charge in [-0.1, -0.05) is 54.8 Å². The number of rotatable bonds is 5. The van der Waals surface area contributed by atoms with Gasteiger partial charge in [-0.05, 0) is 43.0 Å². The minimum atomic E-state index is -0.799. The molecular weight excluding hydrogens is 430 g/mol. The quantitative estimate of drug-likeness (QED) is 0.349. The van der Waals surface area contributed by atoms with Crippen LogP contribution in [-0.2, 0) is 26.0 Å². The van der Waals surface area contributed by atoms with E-state index in [-0.39, 0.29) is 12.1 Å². The van der Waals surface area contributed by atoms with E-state index in [1.165, 1.54) is 36.8 Å². The van der Waals surface area contributed by atoms with Crippen molar-refractivity contribution in [2.45, 2.75) is 56.9 Å². The van der Waals surface area contributed by atoms with Crippen molar-refractivity contribution < 1.29 is 28.3 Å². The first kappa shape index (κ1) is 22.9. The van der Waals surface area contributed by atoms with Gasteiger partial charge in [0, 0.05) is 24.2 Å². The van der Waals surface area contributed by atoms with Crippen molar-refractivity contribution in [2.75, 3.05) is 27.1 Å². The fourth-order valence-corrected chi connectivity index (χ4v) is 6.77. The molecule has 1 saturated carbocycles. The molecule has 1 heterocycles. The molecule has 2 aliphatic carbocycles. The summed E-state index contributed by atoms with van der Waals surface area (Å²) in [6.07, 6.45) is 6.42. The van der Waals surface area contributed by atoms with Crippen LogP contribution >= 0.6 is 0 Å². The lowest BCUT2D eigenvalue weighted by Crippen LogP contribution is -2.69. The minimum Gasteiger partial charge on any atom is -0.424 e. The number of carbonyl (C=O) groups is 2. The highest BCUT2D eigenvalue weighted by atomic mass is 16.8. The summed E-state index contributed by atoms with van der Waals surface area (Å²) in [7, 11) is 2.21. The van der Waals surface area contributed by atoms with Crippen molar-refractivity contribution >= 4 is 12.1 Å². The van der Waals surface area contributed by atoms with Crippen LogP contribution in [0.5, 0.6) is 0 Å². The van der Waals surface area contributed by atoms with Crippen LogP contribution in [0.15, 0.2) is 48.5 Å². The molecule has 1 saturated heterocycles. The van der Waals surface area contributed by atoms with E-state index in [2.05, 4.69) is 32.2 Å². The number of fused-ring (bicyclic) bond motifs is 1. The summed E-state index contributed by atoms with van der Waals surface area (Å²) in [5.74, 6) is 0.0777. The number of aryl methyl sites for hydroxylation is 1. The highest BCUT2D eigenvalue weighted by Crippen LogP contribution is 2.57. The molecule has 1 unspecified atom stereocenters. The van der Waals surface area contributed by atoms with Crippen LogP contribution in [0.4, 0.5) is 4.79 Å². The first-order chi connectivity index (χ1) is 16.4. The van der Waals surface area contributed by atoms with E-state index < -0.39 is 18.9 Å². The van der Waals surface area contributed by atoms with Crippen molar-refractivity contribution in [1.29, 1.82) is 0 Å². The third kappa shape index (κ3) is 4.09. The second-order valence-electron chi connectivity index (χ2n) is 10.5. The maximum Gasteiger partial charge on any atom is 0.515 e. The summed E-state index contributed by atoms with van der Waals surface area (Å²) < 4.78 is 16.3. The van der Waals surface area contributed by atoms with Crippen LogP contribution in [0.2, 0.25) is 0 Å². The minimum absolute atomic E-state index is 0.268. The first-order valence-electron chi connectivity index (χ1n) is 12.4. The Hall–Kier alpha value is -2.86. The molecule has 5 rings (SSSR count). The number of likely N-dealkylation sites (N-methyl/N-ethyl adjacent to an activating group) is 1. The van der Waals surface area contributed by atoms with Gasteiger partial charge in [0.05, 0.1) is 25.2 Å². The van der Waals surface area contributed by atoms with Gasteiger partial charge in [-0.3, -0.25) is 4.48 Å². The van der Waals surface area contributed by atoms with Gasteiger partial charge in [-0.15, -0.1) is 0 Å². The second-order valence-corrected chi connectivity index (χ2v) is 10.5. The van der Waals surface area contributed by atoms with Crippen molar-refractivity contribution in [3.8, 4) is 0 Å². The molecule has 1 aliphatic heterocycles. The number of hydrogen-bond acceptors (Lipinski definition) is 5. The van der Waals surface area contributed by atoms with Gasteiger partial charge >= 0.3 is 12.1 Å². The lowest BCUT2D eigenvalue weighted by Gasteiger charge is -2.60. The van der Waals surface area contributed by atoms with Crippen molar-refractivity contribution in [3.05, 3.63) is 70.8 Å². The van der Waals surface area contributed by atoms with E-state index >= 15 is 0 Å². The van der Waals surface area contributed by atoms with Crippen molar-refractivity contribution in [3.63, 3.8) is 0 Å². The molecule has 2 fully saturated rings. The van der Waals surface area contributed by atoms with E-state index in [9.17, 15) is 9.59 Å². The molecule has 2 aromatic rings. The summed E-state index contributed by atoms with van der Waals surface area (Å²) in [6.45, 7) is 2.98. The molecule has 0 amide bonds. The van der Waals surface area contributed by atoms with Gasteiger partial charge in [0.15, 0.2) is 0 Å². The molecule has 3 aliphatic rings. The molecule has 2 bridgehead atoms. The summed E-state index contributed by atoms with van der Waals surface area (Å²) in [6, 6.07) is 16.0. The standard InChI is InChI=1S/C28H34NO5/c1-20-11-12-22-17-25-23-10-6-7-13-28(23,24(22)16-20)14-15-29(25,2)18-32-27(31)34-19-33-26(30)21-8-4-3-5-9-21/h3-5,8-9,11-12,16,23,25H,6-7,10,13-15,17-19H2,1-2H3/q+1/t23-,25+,28+,29?/m0/s1. The van der Waals surface area contributed by atoms with Gasteiger partial charge in [0.1, 0.15) is 0 Å². The molecule has 0 spiro atoms. The first-order valence-corrected chi connectivity index (χ1v) is 12.4. The normalized spacial score (nSPS) is 29.4. The number of likely N-dealkylation sites (tertiary alicyclic amines) is 1. The van der Waals surface area contributed by atoms with Crippen LogP contribution < -0.4 is 0 Å². The molecule has 180 valence electrons. The molecule has 2 aromatic carbocycles. The summed E-state index contributed by atoms with van der Waals surface area (Å²) >= 11 is 0. The Kier molecular flexibility index (Phi) is 6.11. The van der Waals surface area contributed by atoms with E-state index in [4.69, 9.17) is 14.2 Å². The number of hydrogen-bond donors (Lipinski definition) is 0. The lowest BCUT2D eigenvalue weighted by molar-refractivity contribution is -0.959. The van der Waals surface area contributed by atoms with Gasteiger partial charge in [0.2, 0.25) is 13.5 Å². The van der Waals surface area contributed by atoms with Crippen LogP contribution in [0.1, 0.15) is 59.2 Å². The zero-order valence-corrected chi connectivity index (χ0v) is 20.1. The van der Waals surface area contributed by atoms with E-state index in [0.29, 0.717) is 22.0 Å². The molecule has 6 heteroatoms. The predicted molar refractivity (Wildman–Crippen MR) is 127 cm³/mol. The van der Waals surface area contributed by atoms with Crippen LogP contribution in [-0.4, -0.2) is 49.8 Å². The molecule has 6 nitrogen and oxygen atoms in total. The van der Waals surface area contributed by atoms with Gasteiger partial charge in [-0.25, -0.2) is 9.59 Å². The zero-order valence-electron chi connectivity index (χ0n) is 20.1. The van der Waals surface area contributed by atoms with Crippen LogP contribution in [0, 0.1) is 12.8 Å². The Bertz CT molecular complexity index is 1070. The Morgan fingerprint density at radius 1 is 1.03 bits per heavy atom. The third-order valence-electron chi connectivity index (χ3n) is 8.52. The zero-order chi connectivity index (χ0) is 23.8. The largest absolute Gasteiger partial charge is 0.515 e. The molecular formula is C28H34NO5+. The Balaban J connectivity index is 1.22. The maximum absolute atomic E-state index is 12.3. The number of nitrogens with zero attached hydrogens (tertiary/aromatic N) is 1. The molecule has 34 heavy (non-hydrogen) atoms. The second kappa shape index (κ2) is 9.06. The monoisotopic (exact) mass is 464 g/mol. The van der Waals surface area contributed by atoms with Gasteiger partial charge < -0.3 is 14.2 Å². The van der Waals surface area contributed by atoms with Crippen molar-refractivity contribution in [1.82, 2.24) is 0 Å². The van der Waals surface area contributed by atoms with Gasteiger partial charge in [0.25, 0.3) is 0 Å². The summed E-state index contributed by atoms with van der Waals surface area (Å²) in [5.41, 5.74) is 5.08. The lowest BCUT2D eigenvalue weighted by atomic mass is 9.52. The maximum atomic E-state index is 12.3. The molecule has 0 aromatic heterocycles. The highest BCUT2D eigenvalue weighted by molar-refractivity contribution is 5.89. The Labute approximate surface area is 201 Å². The number of carbonyl (C=O) groups excluding carboxylic acids is 2. The number of quaternary nitrogens is 1. The van der Waals surface area contributed by atoms with Gasteiger partial charge in [-0.2, -0.15) is 0 Å². The van der Waals surface area contributed by atoms with E-state index in [0.717, 1.165) is 19.4 Å². The van der Waals surface area contributed by atoms with Crippen LogP contribution in [0.3, 0.4) is 0 Å². The smallest absolute Gasteiger partial charge is 0.424 e. The SMILES string of the molecule is Cc1ccc2c(c1)[C@@]13CCCC[C@H]1[C@@H](C2)[N+](C)(COC(=O)OCOC(=O)c1ccccc1)CC3. The van der Waals surface area contributed by atoms with Crippen molar-refractivity contribution in [2.24, 2.45) is 5.92 Å². The fraction of sp³-hybridized carbons (Fsp3) is 0.500. The third-order valence-corrected chi connectivity index (χ3v) is 8.52. The highest BCUT2D eigenvalue weighted by Gasteiger charge is 2.59. The number of ether oxygens (including phenoxy) is 3. The Morgan fingerprint density at radius 2 is 1.85 bits per heavy atom. The molecule has 0 radical (unpaired) electrons. The number of benzene rings is 2. The summed E-state index contributed by atoms with van der Waals surface area (Å²) in [4.78, 5) is 24.3. The fourth-order valence-electron chi connectivity index (χ4n) is 6.77. The van der Waals surface area contributed by atoms with Crippen LogP contribution in [0.25, 0.3) is 0 Å². The average Bonchev–Trinajstić information content (AvgIpc) is 2.86. The molecule has 4 atom stereocenters. The average molecular weight is 465 g/mol.